The monoisotopic (exact) mass is 239 g/mol. The summed E-state index contributed by atoms with van der Waals surface area (Å²) in [6, 6.07) is -0.318. The highest BCUT2D eigenvalue weighted by molar-refractivity contribution is 6.05. The number of nitrogens with zero attached hydrogens (tertiary/aromatic N) is 3. The summed E-state index contributed by atoms with van der Waals surface area (Å²) in [5.41, 5.74) is -0.570. The lowest BCUT2D eigenvalue weighted by molar-refractivity contribution is -0.176. The highest BCUT2D eigenvalue weighted by Crippen LogP contribution is 2.39. The van der Waals surface area contributed by atoms with E-state index in [1.807, 2.05) is 11.9 Å². The van der Waals surface area contributed by atoms with Crippen LogP contribution in [0.2, 0.25) is 0 Å². The molecule has 3 rings (SSSR count). The van der Waals surface area contributed by atoms with Gasteiger partial charge in [-0.05, 0) is 13.5 Å². The van der Waals surface area contributed by atoms with Crippen LogP contribution in [0.25, 0.3) is 0 Å². The van der Waals surface area contributed by atoms with Crippen LogP contribution in [0, 0.1) is 0 Å². The Morgan fingerprint density at radius 2 is 1.94 bits per heavy atom. The van der Waals surface area contributed by atoms with E-state index in [4.69, 9.17) is 0 Å². The lowest BCUT2D eigenvalue weighted by Gasteiger charge is -2.57. The molecule has 0 saturated carbocycles. The average molecular weight is 239 g/mol. The quantitative estimate of drug-likeness (QED) is 0.500. The van der Waals surface area contributed by atoms with Crippen molar-refractivity contribution in [2.45, 2.75) is 24.1 Å². The van der Waals surface area contributed by atoms with Gasteiger partial charge < -0.3 is 10.0 Å². The number of imide groups is 1. The summed E-state index contributed by atoms with van der Waals surface area (Å²) in [5.74, 6) is -0.294. The molecule has 3 fully saturated rings. The predicted octanol–water partition coefficient (Wildman–Crippen LogP) is -1.90. The first-order valence-corrected chi connectivity index (χ1v) is 5.91. The van der Waals surface area contributed by atoms with Crippen LogP contribution in [-0.2, 0) is 9.59 Å². The number of likely N-dealkylation sites (N-methyl/N-ethyl adjacent to an activating group) is 2. The van der Waals surface area contributed by atoms with E-state index in [2.05, 4.69) is 4.90 Å². The summed E-state index contributed by atoms with van der Waals surface area (Å²) in [6.07, 6.45) is -0.0481. The number of hydrogen-bond acceptors (Lipinski definition) is 5. The summed E-state index contributed by atoms with van der Waals surface area (Å²) in [6.45, 7) is 1.73. The number of aliphatic hydroxyl groups is 1. The van der Waals surface area contributed by atoms with Crippen LogP contribution in [0.3, 0.4) is 0 Å². The number of amides is 2. The molecule has 6 nitrogen and oxygen atoms in total. The van der Waals surface area contributed by atoms with Crippen molar-refractivity contribution in [2.75, 3.05) is 33.7 Å². The normalized spacial score (nSPS) is 37.5. The predicted molar refractivity (Wildman–Crippen MR) is 59.1 cm³/mol. The first-order valence-electron chi connectivity index (χ1n) is 5.91. The number of likely N-dealkylation sites (tertiary alicyclic amines) is 1. The van der Waals surface area contributed by atoms with Gasteiger partial charge in [-0.3, -0.25) is 19.4 Å². The molecule has 0 unspecified atom stereocenters. The molecule has 0 aromatic rings. The lowest BCUT2D eigenvalue weighted by atomic mass is 9.83. The van der Waals surface area contributed by atoms with Crippen LogP contribution in [0.1, 0.15) is 6.42 Å². The van der Waals surface area contributed by atoms with Crippen molar-refractivity contribution in [1.82, 2.24) is 14.7 Å². The minimum Gasteiger partial charge on any atom is -0.392 e. The topological polar surface area (TPSA) is 64.1 Å². The number of hydrogen-bond donors (Lipinski definition) is 1. The summed E-state index contributed by atoms with van der Waals surface area (Å²) in [7, 11) is 3.50. The molecule has 3 aliphatic rings. The van der Waals surface area contributed by atoms with Gasteiger partial charge in [-0.25, -0.2) is 0 Å². The number of piperazine rings is 1. The van der Waals surface area contributed by atoms with E-state index in [0.29, 0.717) is 26.1 Å². The van der Waals surface area contributed by atoms with Gasteiger partial charge in [0.2, 0.25) is 5.91 Å². The maximum atomic E-state index is 12.3. The van der Waals surface area contributed by atoms with Crippen LogP contribution in [0.5, 0.6) is 0 Å². The number of β-amino-alcohol motifs (C(OH)–C–C–N with tert-alkyl or cyclic N) is 1. The number of aliphatic hydroxyl groups excluding tert-OH is 1. The number of carbonyl (C=O) groups excluding carboxylic acids is 2. The Labute approximate surface area is 99.8 Å². The van der Waals surface area contributed by atoms with E-state index in [0.717, 1.165) is 0 Å². The van der Waals surface area contributed by atoms with E-state index in [-0.39, 0.29) is 17.9 Å². The molecule has 17 heavy (non-hydrogen) atoms. The van der Waals surface area contributed by atoms with Gasteiger partial charge in [-0.1, -0.05) is 0 Å². The molecule has 94 valence electrons. The molecule has 0 bridgehead atoms. The zero-order chi connectivity index (χ0) is 12.4. The van der Waals surface area contributed by atoms with E-state index in [1.54, 1.807) is 7.05 Å². The third kappa shape index (κ3) is 1.26. The molecule has 1 N–H and O–H groups in total. The Hall–Kier alpha value is -0.980. The molecule has 2 atom stereocenters. The van der Waals surface area contributed by atoms with Crippen molar-refractivity contribution in [3.8, 4) is 0 Å². The van der Waals surface area contributed by atoms with Crippen molar-refractivity contribution >= 4 is 11.8 Å². The molecule has 0 radical (unpaired) electrons. The van der Waals surface area contributed by atoms with E-state index >= 15 is 0 Å². The van der Waals surface area contributed by atoms with Gasteiger partial charge in [0.15, 0.2) is 0 Å². The lowest BCUT2D eigenvalue weighted by Crippen LogP contribution is -2.80. The van der Waals surface area contributed by atoms with Gasteiger partial charge in [-0.2, -0.15) is 0 Å². The maximum absolute atomic E-state index is 12.3. The average Bonchev–Trinajstić information content (AvgIpc) is 2.62. The first kappa shape index (κ1) is 11.1. The molecular formula is C11H17N3O3. The van der Waals surface area contributed by atoms with Crippen molar-refractivity contribution in [3.63, 3.8) is 0 Å². The molecule has 0 aromatic heterocycles. The Morgan fingerprint density at radius 1 is 1.29 bits per heavy atom. The molecule has 3 heterocycles. The fraction of sp³-hybridized carbons (Fsp3) is 0.818. The maximum Gasteiger partial charge on any atom is 0.252 e. The molecule has 0 aliphatic carbocycles. The second-order valence-electron chi connectivity index (χ2n) is 5.46. The van der Waals surface area contributed by atoms with E-state index in [9.17, 15) is 14.7 Å². The molecule has 2 amide bonds. The smallest absolute Gasteiger partial charge is 0.252 e. The Morgan fingerprint density at radius 3 is 2.53 bits per heavy atom. The molecule has 6 heteroatoms. The number of rotatable bonds is 0. The van der Waals surface area contributed by atoms with Crippen LogP contribution in [-0.4, -0.2) is 83.0 Å². The van der Waals surface area contributed by atoms with Gasteiger partial charge in [0, 0.05) is 26.7 Å². The molecule has 3 saturated heterocycles. The van der Waals surface area contributed by atoms with Crippen LogP contribution < -0.4 is 0 Å². The minimum absolute atomic E-state index is 0.119. The third-order valence-electron chi connectivity index (χ3n) is 4.21. The second-order valence-corrected chi connectivity index (χ2v) is 5.46. The van der Waals surface area contributed by atoms with Crippen molar-refractivity contribution in [3.05, 3.63) is 0 Å². The van der Waals surface area contributed by atoms with Crippen molar-refractivity contribution in [2.24, 2.45) is 0 Å². The van der Waals surface area contributed by atoms with Gasteiger partial charge >= 0.3 is 0 Å². The van der Waals surface area contributed by atoms with Crippen molar-refractivity contribution in [1.29, 1.82) is 0 Å². The summed E-state index contributed by atoms with van der Waals surface area (Å²) in [4.78, 5) is 29.5. The highest BCUT2D eigenvalue weighted by Gasteiger charge is 2.62. The van der Waals surface area contributed by atoms with Gasteiger partial charge in [0.25, 0.3) is 5.91 Å². The highest BCUT2D eigenvalue weighted by atomic mass is 16.3. The standard InChI is InChI=1S/C11H17N3O3/c1-12-5-11(6-12)10(17)13(2)9(16)8-3-7(15)4-14(8)11/h7-8,15H,3-6H2,1-2H3/t7-,8+/m1/s1. The summed E-state index contributed by atoms with van der Waals surface area (Å²) in [5, 5.41) is 9.73. The largest absolute Gasteiger partial charge is 0.392 e. The number of carbonyl (C=O) groups is 2. The first-order chi connectivity index (χ1) is 7.95. The van der Waals surface area contributed by atoms with Crippen LogP contribution in [0.4, 0.5) is 0 Å². The van der Waals surface area contributed by atoms with Gasteiger partial charge in [-0.15, -0.1) is 0 Å². The SMILES string of the molecule is CN1CC2(C1)C(=O)N(C)C(=O)[C@@H]1C[C@@H](O)CN12. The van der Waals surface area contributed by atoms with Crippen LogP contribution in [0.15, 0.2) is 0 Å². The minimum atomic E-state index is -0.570. The summed E-state index contributed by atoms with van der Waals surface area (Å²) >= 11 is 0. The molecule has 3 aliphatic heterocycles. The molecule has 1 spiro atoms. The second kappa shape index (κ2) is 3.28. The van der Waals surface area contributed by atoms with E-state index in [1.165, 1.54) is 4.90 Å². The van der Waals surface area contributed by atoms with E-state index < -0.39 is 11.6 Å². The fourth-order valence-corrected chi connectivity index (χ4v) is 3.44. The van der Waals surface area contributed by atoms with Gasteiger partial charge in [0.05, 0.1) is 12.1 Å². The summed E-state index contributed by atoms with van der Waals surface area (Å²) < 4.78 is 0. The fourth-order valence-electron chi connectivity index (χ4n) is 3.44. The Bertz CT molecular complexity index is 391. The Kier molecular flexibility index (Phi) is 2.14. The van der Waals surface area contributed by atoms with Gasteiger partial charge in [0.1, 0.15) is 5.54 Å². The van der Waals surface area contributed by atoms with Crippen molar-refractivity contribution < 1.29 is 14.7 Å². The zero-order valence-electron chi connectivity index (χ0n) is 10.1. The number of fused-ring (bicyclic) bond motifs is 2. The Balaban J connectivity index is 1.98. The molecule has 0 aromatic carbocycles. The third-order valence-corrected chi connectivity index (χ3v) is 4.21. The zero-order valence-corrected chi connectivity index (χ0v) is 10.1. The molecular weight excluding hydrogens is 222 g/mol. The van der Waals surface area contributed by atoms with Crippen LogP contribution >= 0.6 is 0 Å².